The first-order valence-corrected chi connectivity index (χ1v) is 6.55. The number of carbonyl (C=O) groups excluding carboxylic acids is 1. The van der Waals surface area contributed by atoms with Crippen LogP contribution in [0, 0.1) is 0 Å². The molecule has 2 N–H and O–H groups in total. The third-order valence-electron chi connectivity index (χ3n) is 3.13. The van der Waals surface area contributed by atoms with Crippen LogP contribution in [0.25, 0.3) is 10.9 Å². The van der Waals surface area contributed by atoms with Crippen molar-refractivity contribution in [3.63, 3.8) is 0 Å². The Morgan fingerprint density at radius 3 is 2.89 bits per heavy atom. The predicted octanol–water partition coefficient (Wildman–Crippen LogP) is 3.20. The summed E-state index contributed by atoms with van der Waals surface area (Å²) in [5.74, 6) is -0.0264. The fourth-order valence-electron chi connectivity index (χ4n) is 2.14. The van der Waals surface area contributed by atoms with E-state index in [1.165, 1.54) is 13.0 Å². The van der Waals surface area contributed by atoms with Crippen molar-refractivity contribution in [1.82, 2.24) is 4.57 Å². The zero-order valence-corrected chi connectivity index (χ0v) is 11.9. The molecule has 1 heterocycles. The highest BCUT2D eigenvalue weighted by molar-refractivity contribution is 6.32. The minimum atomic E-state index is -0.0264. The summed E-state index contributed by atoms with van der Waals surface area (Å²) in [7, 11) is 2.00. The van der Waals surface area contributed by atoms with Crippen molar-refractivity contribution in [2.75, 3.05) is 0 Å². The fraction of sp³-hybridized carbons (Fsp3) is 0.267. The van der Waals surface area contributed by atoms with Crippen molar-refractivity contribution in [2.45, 2.75) is 19.8 Å². The van der Waals surface area contributed by atoms with E-state index in [4.69, 9.17) is 17.3 Å². The molecule has 0 radical (unpaired) electrons. The first-order valence-electron chi connectivity index (χ1n) is 6.17. The number of aryl methyl sites for hydroxylation is 2. The molecule has 0 spiro atoms. The number of nitrogens with two attached hydrogens (primary N) is 1. The molecule has 4 heteroatoms. The SMILES string of the molecule is CC(=O)/C=C(\N)CCc1cc2c(ccn2C)cc1Cl. The molecule has 100 valence electrons. The summed E-state index contributed by atoms with van der Waals surface area (Å²) in [6, 6.07) is 6.09. The molecule has 1 aromatic heterocycles. The maximum atomic E-state index is 10.9. The average molecular weight is 277 g/mol. The standard InChI is InChI=1S/C15H17ClN2O/c1-10(19)7-13(17)4-3-11-9-15-12(8-14(11)16)5-6-18(15)2/h5-9H,3-4,17H2,1-2H3/b13-7-. The van der Waals surface area contributed by atoms with Gasteiger partial charge in [0, 0.05) is 34.9 Å². The molecule has 0 unspecified atom stereocenters. The van der Waals surface area contributed by atoms with Crippen LogP contribution in [0.1, 0.15) is 18.9 Å². The number of benzene rings is 1. The van der Waals surface area contributed by atoms with Crippen LogP contribution in [-0.2, 0) is 18.3 Å². The van der Waals surface area contributed by atoms with Gasteiger partial charge in [-0.05, 0) is 49.6 Å². The lowest BCUT2D eigenvalue weighted by Crippen LogP contribution is -2.02. The summed E-state index contributed by atoms with van der Waals surface area (Å²) < 4.78 is 2.06. The van der Waals surface area contributed by atoms with Gasteiger partial charge < -0.3 is 10.3 Å². The molecular weight excluding hydrogens is 260 g/mol. The van der Waals surface area contributed by atoms with Crippen LogP contribution >= 0.6 is 11.6 Å². The molecule has 0 bridgehead atoms. The van der Waals surface area contributed by atoms with E-state index in [0.717, 1.165) is 27.9 Å². The Bertz CT molecular complexity index is 655. The Morgan fingerprint density at radius 1 is 1.47 bits per heavy atom. The summed E-state index contributed by atoms with van der Waals surface area (Å²) in [5.41, 5.74) is 8.58. The fourth-order valence-corrected chi connectivity index (χ4v) is 2.40. The molecule has 1 aromatic carbocycles. The quantitative estimate of drug-likeness (QED) is 0.872. The van der Waals surface area contributed by atoms with E-state index >= 15 is 0 Å². The van der Waals surface area contributed by atoms with Gasteiger partial charge in [-0.1, -0.05) is 11.6 Å². The van der Waals surface area contributed by atoms with Gasteiger partial charge in [0.15, 0.2) is 5.78 Å². The second-order valence-electron chi connectivity index (χ2n) is 4.76. The van der Waals surface area contributed by atoms with Crippen LogP contribution < -0.4 is 5.73 Å². The average Bonchev–Trinajstić information content (AvgIpc) is 2.66. The van der Waals surface area contributed by atoms with E-state index in [1.807, 2.05) is 25.4 Å². The molecule has 3 nitrogen and oxygen atoms in total. The van der Waals surface area contributed by atoms with Gasteiger partial charge in [0.1, 0.15) is 0 Å². The van der Waals surface area contributed by atoms with Gasteiger partial charge >= 0.3 is 0 Å². The Labute approximate surface area is 117 Å². The lowest BCUT2D eigenvalue weighted by molar-refractivity contribution is -0.112. The number of nitrogens with zero attached hydrogens (tertiary/aromatic N) is 1. The second-order valence-corrected chi connectivity index (χ2v) is 5.17. The minimum Gasteiger partial charge on any atom is -0.402 e. The third-order valence-corrected chi connectivity index (χ3v) is 3.48. The van der Waals surface area contributed by atoms with Gasteiger partial charge in [-0.3, -0.25) is 4.79 Å². The topological polar surface area (TPSA) is 48.0 Å². The van der Waals surface area contributed by atoms with Gasteiger partial charge in [-0.2, -0.15) is 0 Å². The lowest BCUT2D eigenvalue weighted by atomic mass is 10.1. The highest BCUT2D eigenvalue weighted by Gasteiger charge is 2.06. The van der Waals surface area contributed by atoms with E-state index in [2.05, 4.69) is 10.6 Å². The Kier molecular flexibility index (Phi) is 3.96. The van der Waals surface area contributed by atoms with E-state index in [-0.39, 0.29) is 5.78 Å². The second kappa shape index (κ2) is 5.49. The van der Waals surface area contributed by atoms with Gasteiger partial charge in [0.05, 0.1) is 0 Å². The van der Waals surface area contributed by atoms with Crippen molar-refractivity contribution in [3.05, 3.63) is 46.8 Å². The van der Waals surface area contributed by atoms with Crippen LogP contribution in [-0.4, -0.2) is 10.4 Å². The maximum absolute atomic E-state index is 10.9. The van der Waals surface area contributed by atoms with E-state index in [9.17, 15) is 4.79 Å². The molecule has 0 fully saturated rings. The monoisotopic (exact) mass is 276 g/mol. The molecule has 0 saturated heterocycles. The molecule has 0 atom stereocenters. The van der Waals surface area contributed by atoms with E-state index in [0.29, 0.717) is 12.1 Å². The van der Waals surface area contributed by atoms with Crippen molar-refractivity contribution in [2.24, 2.45) is 12.8 Å². The van der Waals surface area contributed by atoms with Gasteiger partial charge in [-0.25, -0.2) is 0 Å². The van der Waals surface area contributed by atoms with Crippen LogP contribution in [0.4, 0.5) is 0 Å². The molecule has 0 aliphatic carbocycles. The lowest BCUT2D eigenvalue weighted by Gasteiger charge is -2.06. The highest BCUT2D eigenvalue weighted by atomic mass is 35.5. The number of fused-ring (bicyclic) bond motifs is 1. The molecule has 0 aliphatic rings. The first kappa shape index (κ1) is 13.7. The zero-order valence-electron chi connectivity index (χ0n) is 11.1. The molecule has 19 heavy (non-hydrogen) atoms. The van der Waals surface area contributed by atoms with Crippen molar-refractivity contribution in [1.29, 1.82) is 0 Å². The van der Waals surface area contributed by atoms with Crippen molar-refractivity contribution < 1.29 is 4.79 Å². The highest BCUT2D eigenvalue weighted by Crippen LogP contribution is 2.25. The van der Waals surface area contributed by atoms with Gasteiger partial charge in [0.25, 0.3) is 0 Å². The van der Waals surface area contributed by atoms with E-state index < -0.39 is 0 Å². The number of halogens is 1. The first-order chi connectivity index (χ1) is 8.97. The van der Waals surface area contributed by atoms with Crippen LogP contribution in [0.2, 0.25) is 5.02 Å². The minimum absolute atomic E-state index is 0.0264. The molecule has 0 saturated carbocycles. The number of hydrogen-bond donors (Lipinski definition) is 1. The zero-order chi connectivity index (χ0) is 14.0. The predicted molar refractivity (Wildman–Crippen MR) is 79.2 cm³/mol. The van der Waals surface area contributed by atoms with Gasteiger partial charge in [-0.15, -0.1) is 0 Å². The van der Waals surface area contributed by atoms with Crippen molar-refractivity contribution in [3.8, 4) is 0 Å². The van der Waals surface area contributed by atoms with E-state index in [1.54, 1.807) is 0 Å². The number of carbonyl (C=O) groups is 1. The largest absolute Gasteiger partial charge is 0.402 e. The maximum Gasteiger partial charge on any atom is 0.154 e. The van der Waals surface area contributed by atoms with Gasteiger partial charge in [0.2, 0.25) is 0 Å². The number of hydrogen-bond acceptors (Lipinski definition) is 2. The summed E-state index contributed by atoms with van der Waals surface area (Å²) in [5, 5.41) is 1.87. The summed E-state index contributed by atoms with van der Waals surface area (Å²) in [4.78, 5) is 10.9. The molecule has 0 aliphatic heterocycles. The van der Waals surface area contributed by atoms with Crippen LogP contribution in [0.3, 0.4) is 0 Å². The number of ketones is 1. The summed E-state index contributed by atoms with van der Waals surface area (Å²) in [6.45, 7) is 1.50. The van der Waals surface area contributed by atoms with Crippen LogP contribution in [0.5, 0.6) is 0 Å². The summed E-state index contributed by atoms with van der Waals surface area (Å²) >= 11 is 6.27. The normalized spacial score (nSPS) is 12.1. The Morgan fingerprint density at radius 2 is 2.21 bits per heavy atom. The van der Waals surface area contributed by atoms with Crippen molar-refractivity contribution >= 4 is 28.3 Å². The third kappa shape index (κ3) is 3.18. The molecule has 2 aromatic rings. The smallest absolute Gasteiger partial charge is 0.154 e. The summed E-state index contributed by atoms with van der Waals surface area (Å²) in [6.07, 6.45) is 4.84. The number of aromatic nitrogens is 1. The number of rotatable bonds is 4. The molecule has 0 amide bonds. The Balaban J connectivity index is 2.23. The molecular formula is C15H17ClN2O. The number of allylic oxidation sites excluding steroid dienone is 2. The molecule has 2 rings (SSSR count). The Hall–Kier alpha value is -1.74. The van der Waals surface area contributed by atoms with Crippen LogP contribution in [0.15, 0.2) is 36.2 Å².